The minimum absolute atomic E-state index is 0.411. The van der Waals surface area contributed by atoms with Crippen molar-refractivity contribution in [1.29, 1.82) is 0 Å². The number of rotatable bonds is 3. The number of hydrogen-bond donors (Lipinski definition) is 1. The molecule has 0 bridgehead atoms. The van der Waals surface area contributed by atoms with Crippen LogP contribution in [0.5, 0.6) is 0 Å². The molecule has 2 unspecified atom stereocenters. The van der Waals surface area contributed by atoms with E-state index in [2.05, 4.69) is 29.2 Å². The van der Waals surface area contributed by atoms with Crippen LogP contribution in [-0.4, -0.2) is 75.4 Å². The molecule has 1 N–H and O–H groups in total. The Hall–Kier alpha value is -0.160. The summed E-state index contributed by atoms with van der Waals surface area (Å²) in [5.74, 6) is 0. The maximum Gasteiger partial charge on any atom is 0.0829 e. The van der Waals surface area contributed by atoms with Gasteiger partial charge in [0.15, 0.2) is 0 Å². The van der Waals surface area contributed by atoms with E-state index in [1.54, 1.807) is 0 Å². The number of nitrogens with one attached hydrogen (secondary N) is 1. The highest BCUT2D eigenvalue weighted by atomic mass is 16.5. The third-order valence-corrected chi connectivity index (χ3v) is 3.72. The number of nitrogens with zero attached hydrogens (tertiary/aromatic N) is 2. The van der Waals surface area contributed by atoms with E-state index in [9.17, 15) is 0 Å². The van der Waals surface area contributed by atoms with Crippen LogP contribution in [0.4, 0.5) is 0 Å². The number of morpholine rings is 1. The molecule has 2 aliphatic rings. The van der Waals surface area contributed by atoms with Crippen molar-refractivity contribution in [3.63, 3.8) is 0 Å². The summed E-state index contributed by atoms with van der Waals surface area (Å²) in [5.41, 5.74) is 0. The zero-order valence-electron chi connectivity index (χ0n) is 10.6. The van der Waals surface area contributed by atoms with Crippen molar-refractivity contribution in [2.24, 2.45) is 0 Å². The van der Waals surface area contributed by atoms with Crippen LogP contribution < -0.4 is 5.32 Å². The monoisotopic (exact) mass is 227 g/mol. The Morgan fingerprint density at radius 3 is 2.94 bits per heavy atom. The van der Waals surface area contributed by atoms with Crippen LogP contribution in [0.2, 0.25) is 0 Å². The molecular weight excluding hydrogens is 202 g/mol. The SMILES string of the molecule is CNC1CCCN(CC2CN(C)CCO2)C1. The zero-order valence-corrected chi connectivity index (χ0v) is 10.6. The summed E-state index contributed by atoms with van der Waals surface area (Å²) in [6.45, 7) is 6.57. The fraction of sp³-hybridized carbons (Fsp3) is 1.00. The van der Waals surface area contributed by atoms with Gasteiger partial charge in [0.1, 0.15) is 0 Å². The molecule has 2 atom stereocenters. The molecule has 2 fully saturated rings. The summed E-state index contributed by atoms with van der Waals surface area (Å²) in [5, 5.41) is 3.39. The third kappa shape index (κ3) is 3.42. The Morgan fingerprint density at radius 2 is 2.19 bits per heavy atom. The first-order valence-corrected chi connectivity index (χ1v) is 6.47. The van der Waals surface area contributed by atoms with Gasteiger partial charge in [0.25, 0.3) is 0 Å². The third-order valence-electron chi connectivity index (χ3n) is 3.72. The van der Waals surface area contributed by atoms with Gasteiger partial charge in [-0.1, -0.05) is 0 Å². The molecule has 4 nitrogen and oxygen atoms in total. The maximum atomic E-state index is 5.82. The molecule has 94 valence electrons. The molecule has 16 heavy (non-hydrogen) atoms. The van der Waals surface area contributed by atoms with E-state index in [0.29, 0.717) is 12.1 Å². The molecule has 0 aromatic rings. The van der Waals surface area contributed by atoms with Crippen molar-refractivity contribution in [2.75, 3.05) is 53.4 Å². The van der Waals surface area contributed by atoms with Gasteiger partial charge in [0.05, 0.1) is 12.7 Å². The van der Waals surface area contributed by atoms with Gasteiger partial charge in [-0.05, 0) is 33.5 Å². The minimum atomic E-state index is 0.411. The lowest BCUT2D eigenvalue weighted by Crippen LogP contribution is -2.51. The molecule has 2 heterocycles. The van der Waals surface area contributed by atoms with Crippen molar-refractivity contribution in [1.82, 2.24) is 15.1 Å². The van der Waals surface area contributed by atoms with Crippen molar-refractivity contribution >= 4 is 0 Å². The van der Waals surface area contributed by atoms with Gasteiger partial charge in [0.2, 0.25) is 0 Å². The van der Waals surface area contributed by atoms with Crippen molar-refractivity contribution < 1.29 is 4.74 Å². The molecule has 0 amide bonds. The topological polar surface area (TPSA) is 27.7 Å². The quantitative estimate of drug-likeness (QED) is 0.734. The Labute approximate surface area is 98.9 Å². The lowest BCUT2D eigenvalue weighted by Gasteiger charge is -2.37. The summed E-state index contributed by atoms with van der Waals surface area (Å²) in [6.07, 6.45) is 3.04. The smallest absolute Gasteiger partial charge is 0.0829 e. The summed E-state index contributed by atoms with van der Waals surface area (Å²) in [4.78, 5) is 4.92. The molecule has 2 aliphatic heterocycles. The summed E-state index contributed by atoms with van der Waals surface area (Å²) >= 11 is 0. The number of hydrogen-bond acceptors (Lipinski definition) is 4. The average Bonchev–Trinajstić information content (AvgIpc) is 2.29. The fourth-order valence-corrected chi connectivity index (χ4v) is 2.72. The van der Waals surface area contributed by atoms with Gasteiger partial charge in [-0.25, -0.2) is 0 Å². The van der Waals surface area contributed by atoms with Gasteiger partial charge in [0, 0.05) is 32.2 Å². The van der Waals surface area contributed by atoms with Gasteiger partial charge >= 0.3 is 0 Å². The first-order chi connectivity index (χ1) is 7.78. The largest absolute Gasteiger partial charge is 0.374 e. The maximum absolute atomic E-state index is 5.82. The van der Waals surface area contributed by atoms with Gasteiger partial charge in [-0.2, -0.15) is 0 Å². The van der Waals surface area contributed by atoms with Crippen LogP contribution in [-0.2, 0) is 4.74 Å². The Morgan fingerprint density at radius 1 is 1.31 bits per heavy atom. The molecule has 2 rings (SSSR count). The Balaban J connectivity index is 1.75. The van der Waals surface area contributed by atoms with Crippen LogP contribution in [0.3, 0.4) is 0 Å². The highest BCUT2D eigenvalue weighted by molar-refractivity contribution is 4.80. The number of ether oxygens (including phenoxy) is 1. The number of piperidine rings is 1. The highest BCUT2D eigenvalue weighted by Gasteiger charge is 2.24. The second kappa shape index (κ2) is 5.96. The molecule has 0 saturated carbocycles. The molecular formula is C12H25N3O. The molecule has 0 radical (unpaired) electrons. The number of likely N-dealkylation sites (tertiary alicyclic amines) is 1. The molecule has 0 aromatic carbocycles. The summed E-state index contributed by atoms with van der Waals surface area (Å²) in [6, 6.07) is 0.676. The summed E-state index contributed by atoms with van der Waals surface area (Å²) < 4.78 is 5.82. The van der Waals surface area contributed by atoms with Gasteiger partial charge in [-0.15, -0.1) is 0 Å². The second-order valence-electron chi connectivity index (χ2n) is 5.14. The first-order valence-electron chi connectivity index (χ1n) is 6.47. The lowest BCUT2D eigenvalue weighted by molar-refractivity contribution is -0.0389. The zero-order chi connectivity index (χ0) is 11.4. The van der Waals surface area contributed by atoms with Crippen molar-refractivity contribution in [3.05, 3.63) is 0 Å². The first kappa shape index (κ1) is 12.3. The van der Waals surface area contributed by atoms with Crippen LogP contribution >= 0.6 is 0 Å². The van der Waals surface area contributed by atoms with E-state index in [4.69, 9.17) is 4.74 Å². The molecule has 2 saturated heterocycles. The predicted molar refractivity (Wildman–Crippen MR) is 65.8 cm³/mol. The number of likely N-dealkylation sites (N-methyl/N-ethyl adjacent to an activating group) is 2. The Bertz CT molecular complexity index is 212. The van der Waals surface area contributed by atoms with Crippen LogP contribution in [0.25, 0.3) is 0 Å². The molecule has 0 aromatic heterocycles. The normalized spacial score (nSPS) is 34.1. The van der Waals surface area contributed by atoms with E-state index < -0.39 is 0 Å². The standard InChI is InChI=1S/C12H25N3O/c1-13-11-4-3-5-15(8-11)10-12-9-14(2)6-7-16-12/h11-13H,3-10H2,1-2H3. The minimum Gasteiger partial charge on any atom is -0.374 e. The van der Waals surface area contributed by atoms with E-state index in [-0.39, 0.29) is 0 Å². The molecule has 0 spiro atoms. The van der Waals surface area contributed by atoms with Crippen molar-refractivity contribution in [2.45, 2.75) is 25.0 Å². The average molecular weight is 227 g/mol. The Kier molecular flexibility index (Phi) is 4.58. The van der Waals surface area contributed by atoms with E-state index in [1.807, 2.05) is 0 Å². The van der Waals surface area contributed by atoms with Crippen LogP contribution in [0.1, 0.15) is 12.8 Å². The van der Waals surface area contributed by atoms with E-state index in [0.717, 1.165) is 26.2 Å². The second-order valence-corrected chi connectivity index (χ2v) is 5.14. The molecule has 0 aliphatic carbocycles. The van der Waals surface area contributed by atoms with Crippen LogP contribution in [0, 0.1) is 0 Å². The van der Waals surface area contributed by atoms with E-state index in [1.165, 1.54) is 25.9 Å². The summed E-state index contributed by atoms with van der Waals surface area (Å²) in [7, 11) is 4.25. The van der Waals surface area contributed by atoms with Gasteiger partial charge < -0.3 is 15.0 Å². The predicted octanol–water partition coefficient (Wildman–Crippen LogP) is 0.000800. The fourth-order valence-electron chi connectivity index (χ4n) is 2.72. The van der Waals surface area contributed by atoms with Gasteiger partial charge in [-0.3, -0.25) is 4.90 Å². The lowest BCUT2D eigenvalue weighted by atomic mass is 10.1. The van der Waals surface area contributed by atoms with Crippen LogP contribution in [0.15, 0.2) is 0 Å². The molecule has 4 heteroatoms. The van der Waals surface area contributed by atoms with Crippen molar-refractivity contribution in [3.8, 4) is 0 Å². The van der Waals surface area contributed by atoms with E-state index >= 15 is 0 Å². The highest BCUT2D eigenvalue weighted by Crippen LogP contribution is 2.12.